The molecule has 0 aliphatic carbocycles. The molecule has 0 unspecified atom stereocenters. The predicted octanol–water partition coefficient (Wildman–Crippen LogP) is 1.36. The van der Waals surface area contributed by atoms with Gasteiger partial charge in [0.25, 0.3) is 5.69 Å². The van der Waals surface area contributed by atoms with Gasteiger partial charge in [0.15, 0.2) is 0 Å². The first kappa shape index (κ1) is 12.5. The van der Waals surface area contributed by atoms with Gasteiger partial charge in [0, 0.05) is 19.2 Å². The number of benzene rings is 1. The molecule has 1 N–H and O–H groups in total. The second-order valence-corrected chi connectivity index (χ2v) is 3.32. The third-order valence-corrected chi connectivity index (χ3v) is 2.16. The number of hydrogen-bond donors (Lipinski definition) is 1. The molecular weight excluding hydrogens is 224 g/mol. The topological polar surface area (TPSA) is 83.7 Å². The average molecular weight is 234 g/mol. The predicted molar refractivity (Wildman–Crippen MR) is 62.2 cm³/mol. The number of nitro groups is 1. The highest BCUT2D eigenvalue weighted by Crippen LogP contribution is 2.24. The van der Waals surface area contributed by atoms with E-state index in [-0.39, 0.29) is 17.8 Å². The van der Waals surface area contributed by atoms with E-state index in [1.165, 1.54) is 17.0 Å². The van der Waals surface area contributed by atoms with Crippen molar-refractivity contribution in [3.05, 3.63) is 33.9 Å². The summed E-state index contributed by atoms with van der Waals surface area (Å²) in [6, 6.07) is 3.64. The molecule has 0 saturated carbocycles. The van der Waals surface area contributed by atoms with Crippen molar-refractivity contribution in [1.29, 1.82) is 0 Å². The molecule has 0 aliphatic heterocycles. The lowest BCUT2D eigenvalue weighted by Gasteiger charge is -2.18. The fourth-order valence-electron chi connectivity index (χ4n) is 1.36. The summed E-state index contributed by atoms with van der Waals surface area (Å²) in [6.07, 6.45) is 5.12. The van der Waals surface area contributed by atoms with Crippen LogP contribution in [0.4, 0.5) is 11.4 Å². The number of carboxylic acid groups (broad SMARTS) is 1. The second-order valence-electron chi connectivity index (χ2n) is 3.32. The van der Waals surface area contributed by atoms with E-state index < -0.39 is 10.9 Å². The van der Waals surface area contributed by atoms with E-state index in [0.29, 0.717) is 5.69 Å². The number of terminal acetylenes is 1. The van der Waals surface area contributed by atoms with Crippen LogP contribution in [-0.4, -0.2) is 29.6 Å². The Morgan fingerprint density at radius 3 is 2.76 bits per heavy atom. The number of carboxylic acids is 1. The van der Waals surface area contributed by atoms with E-state index in [1.807, 2.05) is 0 Å². The highest BCUT2D eigenvalue weighted by molar-refractivity contribution is 5.95. The number of carbonyl (C=O) groups is 1. The quantitative estimate of drug-likeness (QED) is 0.483. The van der Waals surface area contributed by atoms with Crippen LogP contribution in [0.15, 0.2) is 18.2 Å². The molecule has 1 rings (SSSR count). The molecule has 0 aromatic heterocycles. The van der Waals surface area contributed by atoms with Crippen LogP contribution in [0.25, 0.3) is 0 Å². The van der Waals surface area contributed by atoms with Gasteiger partial charge in [-0.05, 0) is 6.07 Å². The van der Waals surface area contributed by atoms with Crippen molar-refractivity contribution >= 4 is 17.3 Å². The summed E-state index contributed by atoms with van der Waals surface area (Å²) in [7, 11) is 1.62. The van der Waals surface area contributed by atoms with Crippen LogP contribution in [-0.2, 0) is 0 Å². The molecule has 0 aliphatic rings. The molecule has 17 heavy (non-hydrogen) atoms. The van der Waals surface area contributed by atoms with Crippen molar-refractivity contribution in [2.75, 3.05) is 18.5 Å². The van der Waals surface area contributed by atoms with Gasteiger partial charge >= 0.3 is 5.97 Å². The fraction of sp³-hybridized carbons (Fsp3) is 0.182. The highest BCUT2D eigenvalue weighted by atomic mass is 16.6. The standard InChI is InChI=1S/C11H10N2O4/c1-3-6-12(2)10-5-4-8(13(16)17)7-9(10)11(14)15/h1,4-5,7H,6H2,2H3,(H,14,15). The van der Waals surface area contributed by atoms with Crippen LogP contribution < -0.4 is 4.90 Å². The largest absolute Gasteiger partial charge is 0.478 e. The summed E-state index contributed by atoms with van der Waals surface area (Å²) in [5.41, 5.74) is -0.0572. The van der Waals surface area contributed by atoms with Gasteiger partial charge in [-0.15, -0.1) is 6.42 Å². The van der Waals surface area contributed by atoms with Crippen molar-refractivity contribution in [3.8, 4) is 12.3 Å². The molecule has 0 radical (unpaired) electrons. The minimum Gasteiger partial charge on any atom is -0.478 e. The Morgan fingerprint density at radius 2 is 2.29 bits per heavy atom. The molecular formula is C11H10N2O4. The van der Waals surface area contributed by atoms with Gasteiger partial charge in [-0.3, -0.25) is 10.1 Å². The summed E-state index contributed by atoms with van der Waals surface area (Å²) in [4.78, 5) is 22.4. The van der Waals surface area contributed by atoms with Crippen LogP contribution in [0.3, 0.4) is 0 Å². The van der Waals surface area contributed by atoms with E-state index >= 15 is 0 Å². The average Bonchev–Trinajstić information content (AvgIpc) is 2.28. The number of anilines is 1. The van der Waals surface area contributed by atoms with Gasteiger partial charge in [0.05, 0.1) is 22.7 Å². The van der Waals surface area contributed by atoms with Gasteiger partial charge in [0.2, 0.25) is 0 Å². The van der Waals surface area contributed by atoms with Crippen molar-refractivity contribution in [3.63, 3.8) is 0 Å². The van der Waals surface area contributed by atoms with Crippen molar-refractivity contribution in [1.82, 2.24) is 0 Å². The molecule has 1 aromatic carbocycles. The maximum Gasteiger partial charge on any atom is 0.338 e. The molecule has 0 fully saturated rings. The number of aromatic carboxylic acids is 1. The fourth-order valence-corrected chi connectivity index (χ4v) is 1.36. The van der Waals surface area contributed by atoms with Crippen molar-refractivity contribution < 1.29 is 14.8 Å². The molecule has 0 atom stereocenters. The zero-order valence-corrected chi connectivity index (χ0v) is 9.08. The minimum atomic E-state index is -1.23. The lowest BCUT2D eigenvalue weighted by Crippen LogP contribution is -2.20. The third kappa shape index (κ3) is 2.72. The Morgan fingerprint density at radius 1 is 1.65 bits per heavy atom. The van der Waals surface area contributed by atoms with Crippen molar-refractivity contribution in [2.24, 2.45) is 0 Å². The van der Waals surface area contributed by atoms with Crippen LogP contribution in [0.2, 0.25) is 0 Å². The number of nitro benzene ring substituents is 1. The first-order valence-corrected chi connectivity index (χ1v) is 4.63. The Balaban J connectivity index is 3.27. The van der Waals surface area contributed by atoms with Gasteiger partial charge in [0.1, 0.15) is 0 Å². The van der Waals surface area contributed by atoms with Gasteiger partial charge < -0.3 is 10.0 Å². The Labute approximate surface area is 97.6 Å². The zero-order chi connectivity index (χ0) is 13.0. The Hall–Kier alpha value is -2.55. The molecule has 1 aromatic rings. The van der Waals surface area contributed by atoms with Crippen LogP contribution in [0.1, 0.15) is 10.4 Å². The lowest BCUT2D eigenvalue weighted by molar-refractivity contribution is -0.384. The highest BCUT2D eigenvalue weighted by Gasteiger charge is 2.17. The maximum absolute atomic E-state index is 11.0. The Bertz CT molecular complexity index is 505. The minimum absolute atomic E-state index is 0.142. The van der Waals surface area contributed by atoms with Crippen LogP contribution in [0, 0.1) is 22.5 Å². The first-order chi connectivity index (χ1) is 7.97. The van der Waals surface area contributed by atoms with E-state index in [0.717, 1.165) is 6.07 Å². The molecule has 0 saturated heterocycles. The monoisotopic (exact) mass is 234 g/mol. The summed E-state index contributed by atoms with van der Waals surface area (Å²) >= 11 is 0. The summed E-state index contributed by atoms with van der Waals surface area (Å²) < 4.78 is 0. The van der Waals surface area contributed by atoms with E-state index in [2.05, 4.69) is 5.92 Å². The van der Waals surface area contributed by atoms with Crippen molar-refractivity contribution in [2.45, 2.75) is 0 Å². The molecule has 0 spiro atoms. The SMILES string of the molecule is C#CCN(C)c1ccc([N+](=O)[O-])cc1C(=O)O. The summed E-state index contributed by atoms with van der Waals surface area (Å²) in [5.74, 6) is 1.14. The first-order valence-electron chi connectivity index (χ1n) is 4.63. The lowest BCUT2D eigenvalue weighted by atomic mass is 10.1. The Kier molecular flexibility index (Phi) is 3.67. The van der Waals surface area contributed by atoms with Gasteiger partial charge in [-0.1, -0.05) is 5.92 Å². The van der Waals surface area contributed by atoms with Gasteiger partial charge in [-0.2, -0.15) is 0 Å². The maximum atomic E-state index is 11.0. The number of nitrogens with zero attached hydrogens (tertiary/aromatic N) is 2. The zero-order valence-electron chi connectivity index (χ0n) is 9.08. The molecule has 0 heterocycles. The number of non-ortho nitro benzene ring substituents is 1. The van der Waals surface area contributed by atoms with Crippen LogP contribution >= 0.6 is 0 Å². The smallest absolute Gasteiger partial charge is 0.338 e. The summed E-state index contributed by atoms with van der Waals surface area (Å²) in [5, 5.41) is 19.5. The van der Waals surface area contributed by atoms with Gasteiger partial charge in [-0.25, -0.2) is 4.79 Å². The molecule has 6 heteroatoms. The molecule has 0 bridgehead atoms. The van der Waals surface area contributed by atoms with E-state index in [4.69, 9.17) is 11.5 Å². The van der Waals surface area contributed by atoms with E-state index in [9.17, 15) is 14.9 Å². The normalized spacial score (nSPS) is 9.41. The number of hydrogen-bond acceptors (Lipinski definition) is 4. The van der Waals surface area contributed by atoms with Crippen LogP contribution in [0.5, 0.6) is 0 Å². The number of rotatable bonds is 4. The molecule has 6 nitrogen and oxygen atoms in total. The van der Waals surface area contributed by atoms with E-state index in [1.54, 1.807) is 7.05 Å². The molecule has 88 valence electrons. The summed E-state index contributed by atoms with van der Waals surface area (Å²) in [6.45, 7) is 0.220. The second kappa shape index (κ2) is 4.99. The molecule has 0 amide bonds. The third-order valence-electron chi connectivity index (χ3n) is 2.16.